The van der Waals surface area contributed by atoms with E-state index in [1.165, 1.54) is 5.82 Å². The monoisotopic (exact) mass is 217 g/mol. The zero-order valence-electron chi connectivity index (χ0n) is 9.08. The van der Waals surface area contributed by atoms with Crippen LogP contribution in [-0.2, 0) is 0 Å². The second-order valence-corrected chi connectivity index (χ2v) is 4.26. The lowest BCUT2D eigenvalue weighted by atomic mass is 10.1. The van der Waals surface area contributed by atoms with Gasteiger partial charge in [-0.15, -0.1) is 0 Å². The van der Waals surface area contributed by atoms with Crippen LogP contribution < -0.4 is 4.90 Å². The first kappa shape index (κ1) is 9.66. The number of anilines is 1. The summed E-state index contributed by atoms with van der Waals surface area (Å²) < 4.78 is 2.09. The van der Waals surface area contributed by atoms with Crippen LogP contribution in [0.4, 0.5) is 5.82 Å². The van der Waals surface area contributed by atoms with Gasteiger partial charge in [0.25, 0.3) is 0 Å². The van der Waals surface area contributed by atoms with E-state index in [2.05, 4.69) is 20.4 Å². The maximum atomic E-state index is 9.50. The highest BCUT2D eigenvalue weighted by Gasteiger charge is 2.18. The Balaban J connectivity index is 1.96. The lowest BCUT2D eigenvalue weighted by molar-refractivity contribution is 0.145. The first-order chi connectivity index (χ1) is 7.84. The second-order valence-electron chi connectivity index (χ2n) is 4.26. The molecule has 0 unspecified atom stereocenters. The van der Waals surface area contributed by atoms with Gasteiger partial charge in [0.05, 0.1) is 6.10 Å². The molecule has 0 aromatic carbocycles. The molecule has 84 valence electrons. The fourth-order valence-corrected chi connectivity index (χ4v) is 2.29. The van der Waals surface area contributed by atoms with E-state index in [0.717, 1.165) is 31.6 Å². The molecule has 0 amide bonds. The zero-order valence-corrected chi connectivity index (χ0v) is 9.08. The summed E-state index contributed by atoms with van der Waals surface area (Å²) in [6, 6.07) is 6.14. The summed E-state index contributed by atoms with van der Waals surface area (Å²) in [5, 5.41) is 9.50. The fraction of sp³-hybridized carbons (Fsp3) is 0.417. The fourth-order valence-electron chi connectivity index (χ4n) is 2.29. The van der Waals surface area contributed by atoms with E-state index in [1.54, 1.807) is 0 Å². The molecule has 1 fully saturated rings. The van der Waals surface area contributed by atoms with Crippen molar-refractivity contribution in [3.63, 3.8) is 0 Å². The Labute approximate surface area is 94.1 Å². The van der Waals surface area contributed by atoms with Gasteiger partial charge in [-0.25, -0.2) is 4.98 Å². The molecule has 0 bridgehead atoms. The van der Waals surface area contributed by atoms with Crippen LogP contribution in [0.3, 0.4) is 0 Å². The van der Waals surface area contributed by atoms with Gasteiger partial charge < -0.3 is 10.0 Å². The molecule has 2 aromatic heterocycles. The maximum Gasteiger partial charge on any atom is 0.138 e. The number of aliphatic hydroxyl groups excluding tert-OH is 1. The Hall–Kier alpha value is -1.55. The third-order valence-corrected chi connectivity index (χ3v) is 3.20. The van der Waals surface area contributed by atoms with Crippen molar-refractivity contribution in [2.75, 3.05) is 18.0 Å². The Kier molecular flexibility index (Phi) is 2.29. The number of nitrogens with zero attached hydrogens (tertiary/aromatic N) is 3. The van der Waals surface area contributed by atoms with Gasteiger partial charge in [0.15, 0.2) is 0 Å². The summed E-state index contributed by atoms with van der Waals surface area (Å²) in [5.41, 5.74) is 0.976. The van der Waals surface area contributed by atoms with Crippen molar-refractivity contribution in [1.29, 1.82) is 0 Å². The minimum absolute atomic E-state index is 0.127. The smallest absolute Gasteiger partial charge is 0.138 e. The van der Waals surface area contributed by atoms with E-state index < -0.39 is 0 Å². The van der Waals surface area contributed by atoms with Crippen LogP contribution in [-0.4, -0.2) is 33.7 Å². The van der Waals surface area contributed by atoms with Crippen LogP contribution in [0.2, 0.25) is 0 Å². The van der Waals surface area contributed by atoms with Crippen molar-refractivity contribution >= 4 is 11.5 Å². The molecule has 0 aliphatic carbocycles. The number of piperidine rings is 1. The number of hydrogen-bond donors (Lipinski definition) is 1. The van der Waals surface area contributed by atoms with Gasteiger partial charge in [-0.1, -0.05) is 6.07 Å². The number of rotatable bonds is 1. The Bertz CT molecular complexity index is 486. The maximum absolute atomic E-state index is 9.50. The van der Waals surface area contributed by atoms with Crippen molar-refractivity contribution in [3.8, 4) is 0 Å². The predicted molar refractivity (Wildman–Crippen MR) is 62.6 cm³/mol. The largest absolute Gasteiger partial charge is 0.393 e. The minimum atomic E-state index is -0.127. The molecule has 1 aliphatic rings. The number of aromatic nitrogens is 2. The summed E-state index contributed by atoms with van der Waals surface area (Å²) in [6.45, 7) is 1.83. The first-order valence-electron chi connectivity index (χ1n) is 5.70. The third kappa shape index (κ3) is 1.55. The predicted octanol–water partition coefficient (Wildman–Crippen LogP) is 1.30. The molecule has 4 heteroatoms. The van der Waals surface area contributed by atoms with Gasteiger partial charge in [0.2, 0.25) is 0 Å². The number of aliphatic hydroxyl groups is 1. The summed E-state index contributed by atoms with van der Waals surface area (Å²) in [7, 11) is 0. The molecule has 1 aliphatic heterocycles. The normalized spacial score (nSPS) is 18.2. The molecule has 2 aromatic rings. The molecule has 3 rings (SSSR count). The van der Waals surface area contributed by atoms with Gasteiger partial charge >= 0.3 is 0 Å². The average Bonchev–Trinajstić information content (AvgIpc) is 2.78. The van der Waals surface area contributed by atoms with Gasteiger partial charge in [-0.2, -0.15) is 0 Å². The molecular formula is C12H15N3O. The molecule has 0 saturated carbocycles. The zero-order chi connectivity index (χ0) is 11.0. The Morgan fingerprint density at radius 3 is 2.88 bits per heavy atom. The molecule has 0 spiro atoms. The van der Waals surface area contributed by atoms with Gasteiger partial charge in [-0.3, -0.25) is 4.40 Å². The summed E-state index contributed by atoms with van der Waals surface area (Å²) in [4.78, 5) is 6.58. The highest BCUT2D eigenvalue weighted by molar-refractivity contribution is 5.51. The Morgan fingerprint density at radius 1 is 1.25 bits per heavy atom. The van der Waals surface area contributed by atoms with E-state index in [0.29, 0.717) is 0 Å². The summed E-state index contributed by atoms with van der Waals surface area (Å²) in [5.74, 6) is 1.17. The molecule has 1 saturated heterocycles. The van der Waals surface area contributed by atoms with Crippen LogP contribution in [0.25, 0.3) is 5.65 Å². The SMILES string of the molecule is OC1CCN(c2cccc3nccn23)CC1. The van der Waals surface area contributed by atoms with E-state index in [4.69, 9.17) is 0 Å². The summed E-state index contributed by atoms with van der Waals surface area (Å²) in [6.07, 6.45) is 5.38. The molecule has 0 radical (unpaired) electrons. The highest BCUT2D eigenvalue weighted by atomic mass is 16.3. The van der Waals surface area contributed by atoms with E-state index in [-0.39, 0.29) is 6.10 Å². The molecule has 16 heavy (non-hydrogen) atoms. The lowest BCUT2D eigenvalue weighted by Gasteiger charge is -2.31. The van der Waals surface area contributed by atoms with Crippen molar-refractivity contribution in [2.24, 2.45) is 0 Å². The molecule has 3 heterocycles. The standard InChI is InChI=1S/C12H15N3O/c16-10-4-7-14(8-5-10)12-3-1-2-11-13-6-9-15(11)12/h1-3,6,9-10,16H,4-5,7-8H2. The number of pyridine rings is 1. The summed E-state index contributed by atoms with van der Waals surface area (Å²) >= 11 is 0. The Morgan fingerprint density at radius 2 is 2.06 bits per heavy atom. The second kappa shape index (κ2) is 3.79. The number of imidazole rings is 1. The number of fused-ring (bicyclic) bond motifs is 1. The van der Waals surface area contributed by atoms with Crippen LogP contribution in [0.15, 0.2) is 30.6 Å². The molecule has 1 N–H and O–H groups in total. The first-order valence-corrected chi connectivity index (χ1v) is 5.70. The van der Waals surface area contributed by atoms with Crippen molar-refractivity contribution in [2.45, 2.75) is 18.9 Å². The minimum Gasteiger partial charge on any atom is -0.393 e. The highest BCUT2D eigenvalue weighted by Crippen LogP contribution is 2.20. The van der Waals surface area contributed by atoms with Gasteiger partial charge in [0, 0.05) is 25.5 Å². The van der Waals surface area contributed by atoms with Gasteiger partial charge in [0.1, 0.15) is 11.5 Å². The topological polar surface area (TPSA) is 40.8 Å². The number of hydrogen-bond acceptors (Lipinski definition) is 3. The third-order valence-electron chi connectivity index (χ3n) is 3.20. The van der Waals surface area contributed by atoms with Crippen LogP contribution in [0.5, 0.6) is 0 Å². The van der Waals surface area contributed by atoms with Crippen LogP contribution >= 0.6 is 0 Å². The molecule has 4 nitrogen and oxygen atoms in total. The average molecular weight is 217 g/mol. The van der Waals surface area contributed by atoms with E-state index in [1.807, 2.05) is 24.5 Å². The van der Waals surface area contributed by atoms with Crippen molar-refractivity contribution < 1.29 is 5.11 Å². The van der Waals surface area contributed by atoms with Crippen LogP contribution in [0.1, 0.15) is 12.8 Å². The molecule has 0 atom stereocenters. The van der Waals surface area contributed by atoms with E-state index >= 15 is 0 Å². The lowest BCUT2D eigenvalue weighted by Crippen LogP contribution is -2.36. The van der Waals surface area contributed by atoms with Crippen LogP contribution in [0, 0.1) is 0 Å². The van der Waals surface area contributed by atoms with E-state index in [9.17, 15) is 5.11 Å². The van der Waals surface area contributed by atoms with Crippen molar-refractivity contribution in [3.05, 3.63) is 30.6 Å². The molecular weight excluding hydrogens is 202 g/mol. The quantitative estimate of drug-likeness (QED) is 0.782. The van der Waals surface area contributed by atoms with Gasteiger partial charge in [-0.05, 0) is 25.0 Å². The van der Waals surface area contributed by atoms with Crippen molar-refractivity contribution in [1.82, 2.24) is 9.38 Å².